The summed E-state index contributed by atoms with van der Waals surface area (Å²) in [6.07, 6.45) is -3.13. The van der Waals surface area contributed by atoms with Gasteiger partial charge in [-0.25, -0.2) is 4.79 Å². The zero-order valence-corrected chi connectivity index (χ0v) is 18.7. The molecule has 0 amide bonds. The molecular formula is C19H23F5O9S. The van der Waals surface area contributed by atoms with Crippen LogP contribution in [0.5, 0.6) is 0 Å². The van der Waals surface area contributed by atoms with Crippen LogP contribution in [-0.2, 0) is 38.7 Å². The number of halogens is 5. The Morgan fingerprint density at radius 3 is 1.82 bits per heavy atom. The summed E-state index contributed by atoms with van der Waals surface area (Å²) in [4.78, 5) is 36.6. The Hall–Kier alpha value is -1.87. The van der Waals surface area contributed by atoms with Crippen molar-refractivity contribution in [2.24, 2.45) is 23.2 Å². The molecule has 4 rings (SSSR count). The topological polar surface area (TPSA) is 133 Å². The Bertz CT molecular complexity index is 926. The summed E-state index contributed by atoms with van der Waals surface area (Å²) in [6.45, 7) is -3.09. The molecule has 0 aliphatic heterocycles. The van der Waals surface area contributed by atoms with Gasteiger partial charge < -0.3 is 14.2 Å². The normalized spacial score (nSPS) is 30.5. The summed E-state index contributed by atoms with van der Waals surface area (Å²) < 4.78 is 113. The van der Waals surface area contributed by atoms with E-state index in [0.29, 0.717) is 0 Å². The predicted molar refractivity (Wildman–Crippen MR) is 99.6 cm³/mol. The third-order valence-electron chi connectivity index (χ3n) is 6.58. The Labute approximate surface area is 191 Å². The van der Waals surface area contributed by atoms with Crippen LogP contribution in [0.1, 0.15) is 45.4 Å². The van der Waals surface area contributed by atoms with Crippen LogP contribution in [0.4, 0.5) is 22.0 Å². The van der Waals surface area contributed by atoms with Gasteiger partial charge in [0, 0.05) is 0 Å². The van der Waals surface area contributed by atoms with Crippen LogP contribution in [0, 0.1) is 23.2 Å². The molecule has 1 atom stereocenters. The molecule has 0 heterocycles. The lowest BCUT2D eigenvalue weighted by molar-refractivity contribution is -0.364. The summed E-state index contributed by atoms with van der Waals surface area (Å²) in [5.74, 6) is -9.63. The van der Waals surface area contributed by atoms with Crippen LogP contribution in [-0.4, -0.2) is 61.1 Å². The number of carbonyl (C=O) groups excluding carboxylic acids is 3. The molecular weight excluding hydrogens is 499 g/mol. The van der Waals surface area contributed by atoms with E-state index in [9.17, 15) is 44.8 Å². The first-order valence-electron chi connectivity index (χ1n) is 10.4. The van der Waals surface area contributed by atoms with Crippen LogP contribution in [0.15, 0.2) is 0 Å². The second-order valence-corrected chi connectivity index (χ2v) is 10.9. The first kappa shape index (κ1) is 26.7. The van der Waals surface area contributed by atoms with Crippen LogP contribution < -0.4 is 0 Å². The Balaban J connectivity index is 1.96. The van der Waals surface area contributed by atoms with Crippen molar-refractivity contribution in [1.29, 1.82) is 0 Å². The number of Topliss-reactive ketones (excluding diaryl/α,β-unsaturated/α-hetero) is 1. The van der Waals surface area contributed by atoms with Crippen molar-refractivity contribution in [2.45, 2.75) is 62.7 Å². The fraction of sp³-hybridized carbons (Fsp3) is 0.842. The largest absolute Gasteiger partial charge is 0.468 e. The van der Waals surface area contributed by atoms with E-state index in [1.165, 1.54) is 0 Å². The third kappa shape index (κ3) is 4.91. The highest BCUT2D eigenvalue weighted by Crippen LogP contribution is 2.61. The molecule has 34 heavy (non-hydrogen) atoms. The Morgan fingerprint density at radius 2 is 1.44 bits per heavy atom. The van der Waals surface area contributed by atoms with E-state index in [1.54, 1.807) is 0 Å². The van der Waals surface area contributed by atoms with E-state index in [2.05, 4.69) is 14.2 Å². The molecule has 4 aliphatic rings. The molecule has 4 bridgehead atoms. The number of hydrogen-bond donors (Lipinski definition) is 1. The van der Waals surface area contributed by atoms with Crippen LogP contribution in [0.2, 0.25) is 0 Å². The Kier molecular flexibility index (Phi) is 6.81. The van der Waals surface area contributed by atoms with Crippen molar-refractivity contribution < 1.29 is 63.5 Å². The molecule has 0 aromatic heterocycles. The number of ketones is 1. The fourth-order valence-corrected chi connectivity index (χ4v) is 5.72. The number of ether oxygens (including phenoxy) is 3. The minimum absolute atomic E-state index is 0.0496. The van der Waals surface area contributed by atoms with Gasteiger partial charge in [0.15, 0.2) is 5.78 Å². The van der Waals surface area contributed by atoms with E-state index in [0.717, 1.165) is 26.2 Å². The van der Waals surface area contributed by atoms with Crippen molar-refractivity contribution in [3.8, 4) is 0 Å². The zero-order valence-electron chi connectivity index (χ0n) is 17.9. The minimum atomic E-state index is -6.26. The van der Waals surface area contributed by atoms with Crippen molar-refractivity contribution in [3.63, 3.8) is 0 Å². The maximum atomic E-state index is 14.1. The monoisotopic (exact) mass is 522 g/mol. The summed E-state index contributed by atoms with van der Waals surface area (Å²) in [5.41, 5.74) is -1.40. The first-order valence-corrected chi connectivity index (χ1v) is 11.8. The standard InChI is InChI=1S/C19H23F5O9S/c1-10(25)8-31-15(27)18(19(22,23)24,32-9-17(20,21)34(28,29)30)33-14(26)16-5-11-2-12(6-16)4-13(3-11)7-16/h11-13H,2-9H2,1H3,(H,28,29,30). The molecule has 4 saturated carbocycles. The number of carbonyl (C=O) groups is 3. The molecule has 0 aromatic rings. The zero-order chi connectivity index (χ0) is 25.7. The highest BCUT2D eigenvalue weighted by atomic mass is 32.2. The summed E-state index contributed by atoms with van der Waals surface area (Å²) in [5, 5.41) is -5.29. The van der Waals surface area contributed by atoms with E-state index >= 15 is 0 Å². The molecule has 0 saturated heterocycles. The molecule has 194 valence electrons. The molecule has 0 aromatic carbocycles. The average Bonchev–Trinajstić information content (AvgIpc) is 2.66. The van der Waals surface area contributed by atoms with E-state index in [1.807, 2.05) is 0 Å². The van der Waals surface area contributed by atoms with Gasteiger partial charge in [-0.2, -0.15) is 30.4 Å². The lowest BCUT2D eigenvalue weighted by atomic mass is 9.49. The molecule has 1 unspecified atom stereocenters. The van der Waals surface area contributed by atoms with E-state index in [-0.39, 0.29) is 37.0 Å². The number of hydrogen-bond acceptors (Lipinski definition) is 8. The highest BCUT2D eigenvalue weighted by Gasteiger charge is 2.70. The molecule has 1 N–H and O–H groups in total. The molecule has 0 radical (unpaired) electrons. The van der Waals surface area contributed by atoms with Gasteiger partial charge in [0.05, 0.1) is 5.41 Å². The van der Waals surface area contributed by atoms with Gasteiger partial charge in [0.2, 0.25) is 0 Å². The molecule has 15 heteroatoms. The van der Waals surface area contributed by atoms with Crippen LogP contribution in [0.25, 0.3) is 0 Å². The smallest absolute Gasteiger partial charge is 0.453 e. The summed E-state index contributed by atoms with van der Waals surface area (Å²) in [6, 6.07) is 0. The van der Waals surface area contributed by atoms with Gasteiger partial charge in [-0.3, -0.25) is 14.1 Å². The first-order chi connectivity index (χ1) is 15.4. The lowest BCUT2D eigenvalue weighted by Crippen LogP contribution is -2.62. The second-order valence-electron chi connectivity index (χ2n) is 9.38. The maximum Gasteiger partial charge on any atom is 0.468 e. The fourth-order valence-electron chi connectivity index (χ4n) is 5.51. The maximum absolute atomic E-state index is 14.1. The molecule has 9 nitrogen and oxygen atoms in total. The summed E-state index contributed by atoms with van der Waals surface area (Å²) >= 11 is 0. The molecule has 4 aliphatic carbocycles. The van der Waals surface area contributed by atoms with E-state index < -0.39 is 63.7 Å². The van der Waals surface area contributed by atoms with Gasteiger partial charge in [0.25, 0.3) is 0 Å². The van der Waals surface area contributed by atoms with Crippen molar-refractivity contribution in [2.75, 3.05) is 13.2 Å². The van der Waals surface area contributed by atoms with Crippen LogP contribution >= 0.6 is 0 Å². The average molecular weight is 522 g/mol. The van der Waals surface area contributed by atoms with Gasteiger partial charge in [-0.05, 0) is 63.2 Å². The van der Waals surface area contributed by atoms with Crippen LogP contribution in [0.3, 0.4) is 0 Å². The number of esters is 2. The SMILES string of the molecule is CC(=O)COC(=O)C(OCC(F)(F)S(=O)(=O)O)(OC(=O)C12CC3CC(CC(C3)C1)C2)C(F)(F)F. The van der Waals surface area contributed by atoms with Gasteiger partial charge in [-0.1, -0.05) is 0 Å². The predicted octanol–water partition coefficient (Wildman–Crippen LogP) is 2.63. The second kappa shape index (κ2) is 8.66. The quantitative estimate of drug-likeness (QED) is 0.210. The lowest BCUT2D eigenvalue weighted by Gasteiger charge is -2.55. The third-order valence-corrected chi connectivity index (χ3v) is 7.45. The van der Waals surface area contributed by atoms with Gasteiger partial charge in [-0.15, -0.1) is 0 Å². The number of alkyl halides is 5. The molecule has 4 fully saturated rings. The number of rotatable bonds is 9. The summed E-state index contributed by atoms with van der Waals surface area (Å²) in [7, 11) is -6.26. The minimum Gasteiger partial charge on any atom is -0.453 e. The van der Waals surface area contributed by atoms with Gasteiger partial charge >= 0.3 is 39.3 Å². The van der Waals surface area contributed by atoms with Crippen molar-refractivity contribution >= 4 is 27.8 Å². The highest BCUT2D eigenvalue weighted by molar-refractivity contribution is 7.86. The Morgan fingerprint density at radius 1 is 0.971 bits per heavy atom. The van der Waals surface area contributed by atoms with Gasteiger partial charge in [0.1, 0.15) is 13.2 Å². The van der Waals surface area contributed by atoms with E-state index in [4.69, 9.17) is 4.55 Å². The van der Waals surface area contributed by atoms with Crippen molar-refractivity contribution in [1.82, 2.24) is 0 Å². The molecule has 0 spiro atoms. The van der Waals surface area contributed by atoms with Crippen molar-refractivity contribution in [3.05, 3.63) is 0 Å².